The lowest BCUT2D eigenvalue weighted by Crippen LogP contribution is -2.41. The lowest BCUT2D eigenvalue weighted by atomic mass is 9.93. The Morgan fingerprint density at radius 2 is 1.94 bits per heavy atom. The summed E-state index contributed by atoms with van der Waals surface area (Å²) in [7, 11) is 2.78. The van der Waals surface area contributed by atoms with Gasteiger partial charge in [-0.3, -0.25) is 4.79 Å². The summed E-state index contributed by atoms with van der Waals surface area (Å²) in [5.74, 6) is -2.06. The van der Waals surface area contributed by atoms with E-state index in [0.717, 1.165) is 0 Å². The molecule has 5 nitrogen and oxygen atoms in total. The van der Waals surface area contributed by atoms with Crippen LogP contribution in [-0.4, -0.2) is 32.6 Å². The van der Waals surface area contributed by atoms with Crippen LogP contribution in [0, 0.1) is 17.2 Å². The molecular formula is C11H19NO4. The molecular weight excluding hydrogens is 210 g/mol. The van der Waals surface area contributed by atoms with Crippen LogP contribution in [0.1, 0.15) is 26.7 Å². The van der Waals surface area contributed by atoms with Gasteiger partial charge in [-0.1, -0.05) is 6.92 Å². The molecule has 92 valence electrons. The van der Waals surface area contributed by atoms with Gasteiger partial charge in [0, 0.05) is 20.1 Å². The molecule has 0 N–H and O–H groups in total. The molecule has 1 atom stereocenters. The molecule has 0 spiro atoms. The predicted molar refractivity (Wildman–Crippen MR) is 57.4 cm³/mol. The Morgan fingerprint density at radius 3 is 2.25 bits per heavy atom. The molecule has 0 saturated heterocycles. The summed E-state index contributed by atoms with van der Waals surface area (Å²) in [5, 5.41) is 9.07. The van der Waals surface area contributed by atoms with Crippen LogP contribution in [0.2, 0.25) is 0 Å². The van der Waals surface area contributed by atoms with Gasteiger partial charge >= 0.3 is 5.97 Å². The molecule has 0 aromatic carbocycles. The molecule has 0 aromatic rings. The first-order valence-corrected chi connectivity index (χ1v) is 5.27. The third-order valence-electron chi connectivity index (χ3n) is 2.51. The fourth-order valence-corrected chi connectivity index (χ4v) is 1.57. The van der Waals surface area contributed by atoms with E-state index in [1.807, 2.05) is 13.0 Å². The van der Waals surface area contributed by atoms with E-state index >= 15 is 0 Å². The highest BCUT2D eigenvalue weighted by atomic mass is 16.7. The minimum atomic E-state index is -1.37. The zero-order valence-electron chi connectivity index (χ0n) is 10.3. The van der Waals surface area contributed by atoms with E-state index in [-0.39, 0.29) is 18.3 Å². The van der Waals surface area contributed by atoms with Crippen molar-refractivity contribution in [3.63, 3.8) is 0 Å². The highest BCUT2D eigenvalue weighted by Gasteiger charge is 2.40. The Balaban J connectivity index is 4.70. The van der Waals surface area contributed by atoms with Crippen LogP contribution in [0.25, 0.3) is 0 Å². The van der Waals surface area contributed by atoms with E-state index in [1.54, 1.807) is 6.92 Å². The highest BCUT2D eigenvalue weighted by Crippen LogP contribution is 2.28. The summed E-state index contributed by atoms with van der Waals surface area (Å²) >= 11 is 0. The van der Waals surface area contributed by atoms with Gasteiger partial charge in [-0.25, -0.2) is 0 Å². The molecule has 0 fully saturated rings. The van der Waals surface area contributed by atoms with E-state index in [1.165, 1.54) is 14.2 Å². The number of rotatable bonds is 7. The maximum absolute atomic E-state index is 11.4. The SMILES string of the molecule is CCOC(=O)CC(CC)C(C#N)(OC)OC. The minimum Gasteiger partial charge on any atom is -0.466 e. The van der Waals surface area contributed by atoms with Gasteiger partial charge in [0.1, 0.15) is 6.07 Å². The normalized spacial score (nSPS) is 12.9. The van der Waals surface area contributed by atoms with E-state index in [9.17, 15) is 4.79 Å². The van der Waals surface area contributed by atoms with Crippen molar-refractivity contribution in [3.8, 4) is 6.07 Å². The van der Waals surface area contributed by atoms with Crippen molar-refractivity contribution >= 4 is 5.97 Å². The fourth-order valence-electron chi connectivity index (χ4n) is 1.57. The maximum Gasteiger partial charge on any atom is 0.306 e. The molecule has 0 amide bonds. The van der Waals surface area contributed by atoms with Crippen LogP contribution < -0.4 is 0 Å². The number of ether oxygens (including phenoxy) is 3. The van der Waals surface area contributed by atoms with Gasteiger partial charge in [-0.2, -0.15) is 5.26 Å². The van der Waals surface area contributed by atoms with Crippen LogP contribution in [0.15, 0.2) is 0 Å². The minimum absolute atomic E-state index is 0.111. The molecule has 0 saturated carbocycles. The number of hydrogen-bond donors (Lipinski definition) is 0. The van der Waals surface area contributed by atoms with Crippen molar-refractivity contribution in [2.75, 3.05) is 20.8 Å². The molecule has 0 aliphatic heterocycles. The monoisotopic (exact) mass is 229 g/mol. The first kappa shape index (κ1) is 14.9. The van der Waals surface area contributed by atoms with E-state index < -0.39 is 5.79 Å². The zero-order valence-corrected chi connectivity index (χ0v) is 10.3. The number of hydrogen-bond acceptors (Lipinski definition) is 5. The predicted octanol–water partition coefficient (Wildman–Crippen LogP) is 1.48. The van der Waals surface area contributed by atoms with Gasteiger partial charge in [0.15, 0.2) is 0 Å². The van der Waals surface area contributed by atoms with Crippen LogP contribution in [-0.2, 0) is 19.0 Å². The summed E-state index contributed by atoms with van der Waals surface area (Å²) in [5.41, 5.74) is 0. The number of esters is 1. The average Bonchev–Trinajstić information content (AvgIpc) is 2.30. The van der Waals surface area contributed by atoms with Crippen molar-refractivity contribution < 1.29 is 19.0 Å². The largest absolute Gasteiger partial charge is 0.466 e. The molecule has 0 heterocycles. The lowest BCUT2D eigenvalue weighted by molar-refractivity contribution is -0.203. The van der Waals surface area contributed by atoms with Gasteiger partial charge < -0.3 is 14.2 Å². The third-order valence-corrected chi connectivity index (χ3v) is 2.51. The Labute approximate surface area is 96.3 Å². The average molecular weight is 229 g/mol. The topological polar surface area (TPSA) is 68.6 Å². The molecule has 0 bridgehead atoms. The second kappa shape index (κ2) is 7.20. The molecule has 0 aromatic heterocycles. The third kappa shape index (κ3) is 3.47. The smallest absolute Gasteiger partial charge is 0.306 e. The Kier molecular flexibility index (Phi) is 6.70. The highest BCUT2D eigenvalue weighted by molar-refractivity contribution is 5.69. The molecule has 0 aliphatic carbocycles. The Bertz CT molecular complexity index is 255. The van der Waals surface area contributed by atoms with E-state index in [4.69, 9.17) is 19.5 Å². The van der Waals surface area contributed by atoms with Crippen molar-refractivity contribution in [1.29, 1.82) is 5.26 Å². The number of nitrogens with zero attached hydrogens (tertiary/aromatic N) is 1. The number of carbonyl (C=O) groups excluding carboxylic acids is 1. The Morgan fingerprint density at radius 1 is 1.38 bits per heavy atom. The molecule has 0 rings (SSSR count). The first-order valence-electron chi connectivity index (χ1n) is 5.27. The van der Waals surface area contributed by atoms with Gasteiger partial charge in [0.2, 0.25) is 0 Å². The second-order valence-electron chi connectivity index (χ2n) is 3.30. The summed E-state index contributed by atoms with van der Waals surface area (Å²) in [6.45, 7) is 3.94. The zero-order chi connectivity index (χ0) is 12.6. The molecule has 5 heteroatoms. The maximum atomic E-state index is 11.4. The van der Waals surface area contributed by atoms with Crippen molar-refractivity contribution in [1.82, 2.24) is 0 Å². The molecule has 0 aliphatic rings. The van der Waals surface area contributed by atoms with Crippen LogP contribution in [0.5, 0.6) is 0 Å². The molecule has 16 heavy (non-hydrogen) atoms. The standard InChI is InChI=1S/C11H19NO4/c1-5-9(7-10(13)16-6-2)11(8-12,14-3)15-4/h9H,5-7H2,1-4H3. The summed E-state index contributed by atoms with van der Waals surface area (Å²) < 4.78 is 15.0. The summed E-state index contributed by atoms with van der Waals surface area (Å²) in [4.78, 5) is 11.4. The first-order chi connectivity index (χ1) is 7.60. The van der Waals surface area contributed by atoms with E-state index in [0.29, 0.717) is 13.0 Å². The van der Waals surface area contributed by atoms with Gasteiger partial charge in [0.05, 0.1) is 13.0 Å². The summed E-state index contributed by atoms with van der Waals surface area (Å²) in [6.07, 6.45) is 0.702. The van der Waals surface area contributed by atoms with Gasteiger partial charge in [0.25, 0.3) is 5.79 Å². The lowest BCUT2D eigenvalue weighted by Gasteiger charge is -2.30. The van der Waals surface area contributed by atoms with E-state index in [2.05, 4.69) is 0 Å². The van der Waals surface area contributed by atoms with Crippen LogP contribution in [0.3, 0.4) is 0 Å². The Hall–Kier alpha value is -1.12. The number of carbonyl (C=O) groups is 1. The second-order valence-corrected chi connectivity index (χ2v) is 3.30. The summed E-state index contributed by atoms with van der Waals surface area (Å²) in [6, 6.07) is 1.96. The molecule has 1 unspecified atom stereocenters. The van der Waals surface area contributed by atoms with Gasteiger partial charge in [-0.05, 0) is 13.3 Å². The quantitative estimate of drug-likeness (QED) is 0.488. The molecule has 0 radical (unpaired) electrons. The van der Waals surface area contributed by atoms with Crippen molar-refractivity contribution in [2.45, 2.75) is 32.5 Å². The van der Waals surface area contributed by atoms with Crippen LogP contribution >= 0.6 is 0 Å². The fraction of sp³-hybridized carbons (Fsp3) is 0.818. The number of methoxy groups -OCH3 is 2. The van der Waals surface area contributed by atoms with Crippen molar-refractivity contribution in [3.05, 3.63) is 0 Å². The number of nitriles is 1. The van der Waals surface area contributed by atoms with Crippen LogP contribution in [0.4, 0.5) is 0 Å². The van der Waals surface area contributed by atoms with Crippen molar-refractivity contribution in [2.24, 2.45) is 5.92 Å². The van der Waals surface area contributed by atoms with Gasteiger partial charge in [-0.15, -0.1) is 0 Å².